The van der Waals surface area contributed by atoms with Gasteiger partial charge in [-0.3, -0.25) is 4.79 Å². The second kappa shape index (κ2) is 9.33. The molecule has 4 aromatic rings. The van der Waals surface area contributed by atoms with Gasteiger partial charge >= 0.3 is 0 Å². The van der Waals surface area contributed by atoms with Gasteiger partial charge in [-0.1, -0.05) is 13.0 Å². The number of piperidine rings is 1. The Kier molecular flexibility index (Phi) is 6.20. The molecule has 0 spiro atoms. The van der Waals surface area contributed by atoms with Gasteiger partial charge in [0.05, 0.1) is 0 Å². The van der Waals surface area contributed by atoms with Gasteiger partial charge in [-0.2, -0.15) is 0 Å². The summed E-state index contributed by atoms with van der Waals surface area (Å²) in [5.41, 5.74) is 1.31. The molecule has 36 heavy (non-hydrogen) atoms. The lowest BCUT2D eigenvalue weighted by Gasteiger charge is -2.31. The highest BCUT2D eigenvalue weighted by molar-refractivity contribution is 5.95. The van der Waals surface area contributed by atoms with Crippen molar-refractivity contribution in [2.45, 2.75) is 32.1 Å². The topological polar surface area (TPSA) is 42.7 Å². The Bertz CT molecular complexity index is 1420. The lowest BCUT2D eigenvalue weighted by atomic mass is 10.00. The number of benzene rings is 3. The normalized spacial score (nSPS) is 15.3. The average molecular weight is 497 g/mol. The number of carbonyl (C=O) groups is 1. The Hall–Kier alpha value is -3.81. The molecule has 0 aliphatic carbocycles. The zero-order chi connectivity index (χ0) is 25.4. The van der Waals surface area contributed by atoms with E-state index < -0.39 is 36.3 Å². The van der Waals surface area contributed by atoms with Crippen molar-refractivity contribution in [3.63, 3.8) is 0 Å². The van der Waals surface area contributed by atoms with Crippen LogP contribution in [0.2, 0.25) is 0 Å². The molecule has 186 valence electrons. The van der Waals surface area contributed by atoms with Crippen LogP contribution >= 0.6 is 0 Å². The Morgan fingerprint density at radius 3 is 2.39 bits per heavy atom. The van der Waals surface area contributed by atoms with Crippen molar-refractivity contribution in [1.82, 2.24) is 4.90 Å². The van der Waals surface area contributed by atoms with Crippen LogP contribution in [0.4, 0.5) is 17.6 Å². The monoisotopic (exact) mass is 497 g/mol. The van der Waals surface area contributed by atoms with E-state index in [9.17, 15) is 18.0 Å². The molecule has 1 fully saturated rings. The van der Waals surface area contributed by atoms with Crippen LogP contribution in [0.3, 0.4) is 0 Å². The zero-order valence-corrected chi connectivity index (χ0v) is 19.5. The fraction of sp³-hybridized carbons (Fsp3) is 0.250. The number of fused-ring (bicyclic) bond motifs is 1. The number of furan rings is 1. The number of nitrogens with zero attached hydrogens (tertiary/aromatic N) is 1. The molecule has 0 bridgehead atoms. The van der Waals surface area contributed by atoms with Gasteiger partial charge in [0.1, 0.15) is 23.1 Å². The second-order valence-corrected chi connectivity index (χ2v) is 8.86. The van der Waals surface area contributed by atoms with Crippen molar-refractivity contribution in [3.8, 4) is 22.6 Å². The number of carbonyl (C=O) groups excluding carboxylic acids is 1. The number of likely N-dealkylation sites (tertiary alicyclic amines) is 1. The molecule has 0 radical (unpaired) electrons. The van der Waals surface area contributed by atoms with E-state index in [0.29, 0.717) is 34.5 Å². The summed E-state index contributed by atoms with van der Waals surface area (Å²) in [5, 5.41) is 0.704. The molecule has 1 aromatic heterocycles. The van der Waals surface area contributed by atoms with Crippen LogP contribution < -0.4 is 4.74 Å². The van der Waals surface area contributed by atoms with Gasteiger partial charge < -0.3 is 14.1 Å². The Morgan fingerprint density at radius 1 is 1.00 bits per heavy atom. The molecular formula is C28H23F4NO3. The summed E-state index contributed by atoms with van der Waals surface area (Å²) in [4.78, 5) is 14.1. The molecule has 8 heteroatoms. The minimum absolute atomic E-state index is 0.0732. The van der Waals surface area contributed by atoms with Crippen molar-refractivity contribution in [1.29, 1.82) is 0 Å². The first kappa shape index (κ1) is 23.9. The number of amides is 1. The number of alkyl halides is 2. The largest absolute Gasteiger partial charge is 0.457 e. The number of hydrogen-bond acceptors (Lipinski definition) is 3. The fourth-order valence-electron chi connectivity index (χ4n) is 4.31. The van der Waals surface area contributed by atoms with Gasteiger partial charge in [-0.15, -0.1) is 0 Å². The van der Waals surface area contributed by atoms with E-state index >= 15 is 4.39 Å². The maximum absolute atomic E-state index is 15.3. The first-order valence-electron chi connectivity index (χ1n) is 11.7. The smallest absolute Gasteiger partial charge is 0.253 e. The van der Waals surface area contributed by atoms with Gasteiger partial charge in [0, 0.05) is 48.9 Å². The number of ether oxygens (including phenoxy) is 1. The third-order valence-electron chi connectivity index (χ3n) is 6.33. The lowest BCUT2D eigenvalue weighted by molar-refractivity contribution is -0.0494. The molecule has 0 N–H and O–H groups in total. The SMILES string of the molecule is CCc1cc2cc(-c3ccc(C(=O)N4CCC(F)(F)CC4)cc3F)cc(Oc3ccc(F)cc3)c2o1. The number of rotatable bonds is 5. The van der Waals surface area contributed by atoms with Crippen LogP contribution in [0.5, 0.6) is 11.5 Å². The Morgan fingerprint density at radius 2 is 1.72 bits per heavy atom. The van der Waals surface area contributed by atoms with Crippen molar-refractivity contribution >= 4 is 16.9 Å². The molecule has 1 saturated heterocycles. The molecule has 0 atom stereocenters. The summed E-state index contributed by atoms with van der Waals surface area (Å²) in [6.07, 6.45) is -0.158. The number of halogens is 4. The van der Waals surface area contributed by atoms with Gasteiger partial charge in [-0.05, 0) is 60.2 Å². The molecular weight excluding hydrogens is 474 g/mol. The van der Waals surface area contributed by atoms with E-state index in [1.165, 1.54) is 41.3 Å². The van der Waals surface area contributed by atoms with Crippen LogP contribution in [-0.4, -0.2) is 29.8 Å². The number of aryl methyl sites for hydroxylation is 1. The molecule has 1 aliphatic rings. The molecule has 5 rings (SSSR count). The van der Waals surface area contributed by atoms with Gasteiger partial charge in [0.15, 0.2) is 11.3 Å². The molecule has 4 nitrogen and oxygen atoms in total. The predicted octanol–water partition coefficient (Wildman–Crippen LogP) is 7.60. The Labute approximate surface area is 205 Å². The summed E-state index contributed by atoms with van der Waals surface area (Å²) >= 11 is 0. The van der Waals surface area contributed by atoms with E-state index in [1.807, 2.05) is 13.0 Å². The highest BCUT2D eigenvalue weighted by Gasteiger charge is 2.35. The van der Waals surface area contributed by atoms with E-state index in [0.717, 1.165) is 11.8 Å². The van der Waals surface area contributed by atoms with Crippen molar-refractivity contribution in [2.75, 3.05) is 13.1 Å². The average Bonchev–Trinajstić information content (AvgIpc) is 3.29. The van der Waals surface area contributed by atoms with Crippen LogP contribution in [0.15, 0.2) is 65.1 Å². The summed E-state index contributed by atoms with van der Waals surface area (Å²) in [7, 11) is 0. The number of hydrogen-bond donors (Lipinski definition) is 0. The highest BCUT2D eigenvalue weighted by atomic mass is 19.3. The van der Waals surface area contributed by atoms with Crippen LogP contribution in [0.1, 0.15) is 35.9 Å². The standard InChI is InChI=1S/C28H23F4NO3/c1-2-21-14-19-13-18(16-25(26(19)36-21)35-22-6-4-20(29)5-7-22)23-8-3-17(15-24(23)30)27(34)33-11-9-28(31,32)10-12-33/h3-8,13-16H,2,9-12H2,1H3. The van der Waals surface area contributed by atoms with Crippen molar-refractivity contribution in [3.05, 3.63) is 83.6 Å². The van der Waals surface area contributed by atoms with E-state index in [-0.39, 0.29) is 24.2 Å². The fourth-order valence-corrected chi connectivity index (χ4v) is 4.31. The van der Waals surface area contributed by atoms with Crippen LogP contribution in [0, 0.1) is 11.6 Å². The molecule has 0 saturated carbocycles. The molecule has 2 heterocycles. The predicted molar refractivity (Wildman–Crippen MR) is 128 cm³/mol. The summed E-state index contributed by atoms with van der Waals surface area (Å²) in [5.74, 6) is -2.84. The van der Waals surface area contributed by atoms with Gasteiger partial charge in [0.25, 0.3) is 11.8 Å². The maximum Gasteiger partial charge on any atom is 0.253 e. The third kappa shape index (κ3) is 4.80. The summed E-state index contributed by atoms with van der Waals surface area (Å²) < 4.78 is 67.3. The Balaban J connectivity index is 1.48. The molecule has 1 amide bonds. The highest BCUT2D eigenvalue weighted by Crippen LogP contribution is 2.38. The molecule has 0 unspecified atom stereocenters. The zero-order valence-electron chi connectivity index (χ0n) is 19.5. The maximum atomic E-state index is 15.3. The van der Waals surface area contributed by atoms with E-state index in [1.54, 1.807) is 12.1 Å². The van der Waals surface area contributed by atoms with Gasteiger partial charge in [-0.25, -0.2) is 17.6 Å². The van der Waals surface area contributed by atoms with Crippen molar-refractivity contribution < 1.29 is 31.5 Å². The summed E-state index contributed by atoms with van der Waals surface area (Å²) in [6.45, 7) is 1.80. The van der Waals surface area contributed by atoms with Gasteiger partial charge in [0.2, 0.25) is 0 Å². The first-order valence-corrected chi connectivity index (χ1v) is 11.7. The van der Waals surface area contributed by atoms with Crippen LogP contribution in [0.25, 0.3) is 22.1 Å². The third-order valence-corrected chi connectivity index (χ3v) is 6.33. The second-order valence-electron chi connectivity index (χ2n) is 8.86. The molecule has 3 aromatic carbocycles. The van der Waals surface area contributed by atoms with E-state index in [2.05, 4.69) is 0 Å². The minimum atomic E-state index is -2.77. The minimum Gasteiger partial charge on any atom is -0.457 e. The lowest BCUT2D eigenvalue weighted by Crippen LogP contribution is -2.42. The quantitative estimate of drug-likeness (QED) is 0.267. The molecule has 1 aliphatic heterocycles. The summed E-state index contributed by atoms with van der Waals surface area (Å²) in [6, 6.07) is 14.9. The first-order chi connectivity index (χ1) is 17.2. The van der Waals surface area contributed by atoms with E-state index in [4.69, 9.17) is 9.15 Å². The van der Waals surface area contributed by atoms with Crippen molar-refractivity contribution in [2.24, 2.45) is 0 Å². The van der Waals surface area contributed by atoms with Crippen LogP contribution in [-0.2, 0) is 6.42 Å².